The highest BCUT2D eigenvalue weighted by atomic mass is 32.1. The number of aryl methyl sites for hydroxylation is 3. The van der Waals surface area contributed by atoms with Crippen LogP contribution in [-0.4, -0.2) is 41.9 Å². The van der Waals surface area contributed by atoms with Crippen molar-refractivity contribution in [2.45, 2.75) is 39.2 Å². The van der Waals surface area contributed by atoms with Gasteiger partial charge in [-0.1, -0.05) is 54.1 Å². The number of urea groups is 1. The van der Waals surface area contributed by atoms with Gasteiger partial charge in [-0.3, -0.25) is 14.5 Å². The SMILES string of the molecule is CCOC(=O)c1c(NC(=O)CN2C(=O)N[C@]3(CCc4ccccc43)C2=O)sc(C)c1-c1ccc(C)cc1. The lowest BCUT2D eigenvalue weighted by Gasteiger charge is -2.22. The maximum Gasteiger partial charge on any atom is 0.341 e. The predicted octanol–water partition coefficient (Wildman–Crippen LogP) is 4.54. The van der Waals surface area contributed by atoms with Gasteiger partial charge in [-0.25, -0.2) is 9.59 Å². The molecule has 1 aromatic heterocycles. The van der Waals surface area contributed by atoms with Gasteiger partial charge in [-0.15, -0.1) is 11.3 Å². The molecule has 2 aliphatic rings. The third kappa shape index (κ3) is 4.19. The van der Waals surface area contributed by atoms with Gasteiger partial charge < -0.3 is 15.4 Å². The molecule has 0 saturated carbocycles. The summed E-state index contributed by atoms with van der Waals surface area (Å²) < 4.78 is 5.30. The molecular formula is C28H27N3O5S. The molecule has 2 heterocycles. The number of imide groups is 1. The molecule has 1 atom stereocenters. The first kappa shape index (κ1) is 24.7. The molecule has 0 unspecified atom stereocenters. The lowest BCUT2D eigenvalue weighted by atomic mass is 9.92. The molecule has 2 N–H and O–H groups in total. The first-order chi connectivity index (χ1) is 17.7. The van der Waals surface area contributed by atoms with E-state index in [4.69, 9.17) is 4.74 Å². The van der Waals surface area contributed by atoms with E-state index in [9.17, 15) is 19.2 Å². The zero-order valence-corrected chi connectivity index (χ0v) is 21.7. The summed E-state index contributed by atoms with van der Waals surface area (Å²) in [5.74, 6) is -1.56. The molecule has 1 aliphatic carbocycles. The van der Waals surface area contributed by atoms with Crippen molar-refractivity contribution in [3.8, 4) is 11.1 Å². The Bertz CT molecular complexity index is 1430. The number of amides is 4. The van der Waals surface area contributed by atoms with Crippen LogP contribution in [-0.2, 0) is 26.3 Å². The van der Waals surface area contributed by atoms with Crippen LogP contribution in [0.2, 0.25) is 0 Å². The first-order valence-electron chi connectivity index (χ1n) is 12.1. The molecule has 3 aromatic rings. The molecule has 0 bridgehead atoms. The number of ether oxygens (including phenoxy) is 1. The van der Waals surface area contributed by atoms with Crippen LogP contribution in [0.5, 0.6) is 0 Å². The lowest BCUT2D eigenvalue weighted by Crippen LogP contribution is -2.43. The molecule has 9 heteroatoms. The summed E-state index contributed by atoms with van der Waals surface area (Å²) in [6.07, 6.45) is 1.12. The molecule has 4 amide bonds. The molecular weight excluding hydrogens is 490 g/mol. The van der Waals surface area contributed by atoms with Crippen LogP contribution >= 0.6 is 11.3 Å². The molecule has 2 aromatic carbocycles. The van der Waals surface area contributed by atoms with Crippen molar-refractivity contribution in [1.29, 1.82) is 0 Å². The van der Waals surface area contributed by atoms with Crippen molar-refractivity contribution in [2.75, 3.05) is 18.5 Å². The smallest absolute Gasteiger partial charge is 0.341 e. The van der Waals surface area contributed by atoms with E-state index in [0.29, 0.717) is 23.4 Å². The lowest BCUT2D eigenvalue weighted by molar-refractivity contribution is -0.134. The van der Waals surface area contributed by atoms with Gasteiger partial charge in [-0.2, -0.15) is 0 Å². The highest BCUT2D eigenvalue weighted by Gasteiger charge is 2.55. The van der Waals surface area contributed by atoms with E-state index in [1.165, 1.54) is 11.3 Å². The molecule has 0 radical (unpaired) electrons. The van der Waals surface area contributed by atoms with Crippen molar-refractivity contribution in [3.63, 3.8) is 0 Å². The number of nitrogens with zero attached hydrogens (tertiary/aromatic N) is 1. The zero-order valence-electron chi connectivity index (χ0n) is 20.8. The number of thiophene rings is 1. The van der Waals surface area contributed by atoms with Gasteiger partial charge in [0.05, 0.1) is 6.61 Å². The van der Waals surface area contributed by atoms with Gasteiger partial charge >= 0.3 is 12.0 Å². The van der Waals surface area contributed by atoms with Crippen molar-refractivity contribution < 1.29 is 23.9 Å². The second-order valence-electron chi connectivity index (χ2n) is 9.26. The van der Waals surface area contributed by atoms with Gasteiger partial charge in [0, 0.05) is 10.4 Å². The third-order valence-corrected chi connectivity index (χ3v) is 7.90. The standard InChI is InChI=1S/C28H27N3O5S/c1-4-36-25(33)23-22(19-11-9-16(2)10-12-19)17(3)37-24(23)29-21(32)15-31-26(34)28(30-27(31)35)14-13-18-7-5-6-8-20(18)28/h5-12H,4,13-15H2,1-3H3,(H,29,32)(H,30,35)/t28-/m0/s1. The molecule has 190 valence electrons. The van der Waals surface area contributed by atoms with Gasteiger partial charge in [-0.05, 0) is 50.3 Å². The maximum atomic E-state index is 13.4. The Labute approximate surface area is 218 Å². The van der Waals surface area contributed by atoms with Crippen molar-refractivity contribution in [1.82, 2.24) is 10.2 Å². The van der Waals surface area contributed by atoms with E-state index in [1.807, 2.05) is 62.4 Å². The van der Waals surface area contributed by atoms with Crippen LogP contribution in [0.15, 0.2) is 48.5 Å². The number of benzene rings is 2. The fourth-order valence-electron chi connectivity index (χ4n) is 5.14. The Hall–Kier alpha value is -3.98. The topological polar surface area (TPSA) is 105 Å². The minimum absolute atomic E-state index is 0.181. The van der Waals surface area contributed by atoms with Crippen LogP contribution in [0, 0.1) is 13.8 Å². The van der Waals surface area contributed by atoms with Crippen LogP contribution in [0.25, 0.3) is 11.1 Å². The van der Waals surface area contributed by atoms with E-state index in [1.54, 1.807) is 6.92 Å². The maximum absolute atomic E-state index is 13.4. The fourth-order valence-corrected chi connectivity index (χ4v) is 6.22. The molecule has 5 rings (SSSR count). The minimum atomic E-state index is -1.14. The summed E-state index contributed by atoms with van der Waals surface area (Å²) >= 11 is 1.25. The van der Waals surface area contributed by atoms with Gasteiger partial charge in [0.1, 0.15) is 22.6 Å². The van der Waals surface area contributed by atoms with Gasteiger partial charge in [0.2, 0.25) is 5.91 Å². The van der Waals surface area contributed by atoms with Crippen molar-refractivity contribution in [2.24, 2.45) is 0 Å². The van der Waals surface area contributed by atoms with Gasteiger partial charge in [0.25, 0.3) is 5.91 Å². The summed E-state index contributed by atoms with van der Waals surface area (Å²) in [5.41, 5.74) is 3.52. The normalized spacial score (nSPS) is 18.2. The van der Waals surface area contributed by atoms with Crippen molar-refractivity contribution >= 4 is 40.2 Å². The fraction of sp³-hybridized carbons (Fsp3) is 0.286. The largest absolute Gasteiger partial charge is 0.462 e. The minimum Gasteiger partial charge on any atom is -0.462 e. The van der Waals surface area contributed by atoms with Gasteiger partial charge in [0.15, 0.2) is 0 Å². The quantitative estimate of drug-likeness (QED) is 0.369. The predicted molar refractivity (Wildman–Crippen MR) is 141 cm³/mol. The number of fused-ring (bicyclic) bond motifs is 2. The first-order valence-corrected chi connectivity index (χ1v) is 13.0. The number of carbonyl (C=O) groups is 4. The average molecular weight is 518 g/mol. The molecule has 37 heavy (non-hydrogen) atoms. The Morgan fingerprint density at radius 2 is 1.84 bits per heavy atom. The Morgan fingerprint density at radius 3 is 2.57 bits per heavy atom. The Morgan fingerprint density at radius 1 is 1.11 bits per heavy atom. The second-order valence-corrected chi connectivity index (χ2v) is 10.5. The van der Waals surface area contributed by atoms with Crippen LogP contribution in [0.4, 0.5) is 9.80 Å². The van der Waals surface area contributed by atoms with Crippen LogP contribution in [0.3, 0.4) is 0 Å². The van der Waals surface area contributed by atoms with E-state index in [0.717, 1.165) is 32.0 Å². The van der Waals surface area contributed by atoms with E-state index < -0.39 is 35.9 Å². The summed E-state index contributed by atoms with van der Waals surface area (Å²) in [6.45, 7) is 5.28. The molecule has 1 aliphatic heterocycles. The molecule has 1 spiro atoms. The number of esters is 1. The average Bonchev–Trinajstić information content (AvgIpc) is 3.48. The number of hydrogen-bond donors (Lipinski definition) is 2. The third-order valence-electron chi connectivity index (χ3n) is 6.88. The number of anilines is 1. The highest BCUT2D eigenvalue weighted by molar-refractivity contribution is 7.17. The number of nitrogens with one attached hydrogen (secondary N) is 2. The van der Waals surface area contributed by atoms with Crippen molar-refractivity contribution in [3.05, 3.63) is 75.7 Å². The summed E-state index contributed by atoms with van der Waals surface area (Å²) in [6, 6.07) is 14.7. The van der Waals surface area contributed by atoms with Crippen LogP contribution in [0.1, 0.15) is 45.3 Å². The zero-order chi connectivity index (χ0) is 26.3. The van der Waals surface area contributed by atoms with E-state index >= 15 is 0 Å². The molecule has 8 nitrogen and oxygen atoms in total. The highest BCUT2D eigenvalue weighted by Crippen LogP contribution is 2.42. The summed E-state index contributed by atoms with van der Waals surface area (Å²) in [5, 5.41) is 5.91. The monoisotopic (exact) mass is 517 g/mol. The number of carbonyl (C=O) groups excluding carboxylic acids is 4. The summed E-state index contributed by atoms with van der Waals surface area (Å²) in [4.78, 5) is 54.1. The second kappa shape index (κ2) is 9.48. The summed E-state index contributed by atoms with van der Waals surface area (Å²) in [7, 11) is 0. The molecule has 1 saturated heterocycles. The van der Waals surface area contributed by atoms with Crippen LogP contribution < -0.4 is 10.6 Å². The number of hydrogen-bond acceptors (Lipinski definition) is 6. The number of rotatable bonds is 6. The molecule has 1 fully saturated rings. The Kier molecular flexibility index (Phi) is 6.33. The van der Waals surface area contributed by atoms with E-state index in [2.05, 4.69) is 10.6 Å². The van der Waals surface area contributed by atoms with E-state index in [-0.39, 0.29) is 12.2 Å². The Balaban J connectivity index is 1.41.